The van der Waals surface area contributed by atoms with Gasteiger partial charge in [0.15, 0.2) is 4.80 Å². The first-order valence-electron chi connectivity index (χ1n) is 8.99. The fraction of sp³-hybridized carbons (Fsp3) is 0.190. The number of allylic oxidation sites excluding steroid dienone is 1. The van der Waals surface area contributed by atoms with Gasteiger partial charge in [-0.25, -0.2) is 14.2 Å². The minimum absolute atomic E-state index is 0.227. The quantitative estimate of drug-likeness (QED) is 0.601. The smallest absolute Gasteiger partial charge is 0.338 e. The third-order valence-corrected chi connectivity index (χ3v) is 6.43. The van der Waals surface area contributed by atoms with Gasteiger partial charge in [-0.3, -0.25) is 9.36 Å². The summed E-state index contributed by atoms with van der Waals surface area (Å²) in [6.45, 7) is 3.70. The largest absolute Gasteiger partial charge is 0.463 e. The van der Waals surface area contributed by atoms with E-state index in [0.29, 0.717) is 26.2 Å². The Labute approximate surface area is 173 Å². The predicted molar refractivity (Wildman–Crippen MR) is 111 cm³/mol. The molecule has 0 saturated heterocycles. The van der Waals surface area contributed by atoms with Gasteiger partial charge in [0.2, 0.25) is 0 Å². The van der Waals surface area contributed by atoms with Gasteiger partial charge in [-0.05, 0) is 37.4 Å². The molecule has 1 aromatic carbocycles. The van der Waals surface area contributed by atoms with Crippen LogP contribution in [0.5, 0.6) is 0 Å². The van der Waals surface area contributed by atoms with E-state index in [4.69, 9.17) is 4.74 Å². The molecular formula is C21H17FN2O3S2. The summed E-state index contributed by atoms with van der Waals surface area (Å²) in [5, 5.41) is 1.89. The fourth-order valence-corrected chi connectivity index (χ4v) is 5.10. The molecule has 0 saturated carbocycles. The SMILES string of the molecule is CCOC(=O)C1=C(C)N=c2s/c(=C\c3ccccc3F)c(=O)n2[C@@H]1c1cccs1. The van der Waals surface area contributed by atoms with Crippen molar-refractivity contribution in [2.75, 3.05) is 6.61 Å². The molecule has 5 nitrogen and oxygen atoms in total. The number of hydrogen-bond acceptors (Lipinski definition) is 6. The molecule has 4 rings (SSSR count). The highest BCUT2D eigenvalue weighted by molar-refractivity contribution is 7.10. The van der Waals surface area contributed by atoms with Gasteiger partial charge < -0.3 is 4.74 Å². The zero-order chi connectivity index (χ0) is 20.5. The highest BCUT2D eigenvalue weighted by atomic mass is 32.1. The van der Waals surface area contributed by atoms with Crippen LogP contribution in [0.1, 0.15) is 30.3 Å². The second-order valence-electron chi connectivity index (χ2n) is 6.34. The Bertz CT molecular complexity index is 1290. The van der Waals surface area contributed by atoms with Gasteiger partial charge in [0, 0.05) is 10.4 Å². The van der Waals surface area contributed by atoms with Crippen LogP contribution < -0.4 is 14.9 Å². The van der Waals surface area contributed by atoms with Crippen molar-refractivity contribution in [3.63, 3.8) is 0 Å². The first-order valence-corrected chi connectivity index (χ1v) is 10.7. The van der Waals surface area contributed by atoms with Gasteiger partial charge in [0.05, 0.1) is 22.4 Å². The van der Waals surface area contributed by atoms with E-state index < -0.39 is 17.8 Å². The molecule has 0 radical (unpaired) electrons. The number of ether oxygens (including phenoxy) is 1. The third-order valence-electron chi connectivity index (χ3n) is 4.52. The van der Waals surface area contributed by atoms with Crippen molar-refractivity contribution in [2.45, 2.75) is 19.9 Å². The summed E-state index contributed by atoms with van der Waals surface area (Å²) in [6, 6.07) is 9.39. The Morgan fingerprint density at radius 2 is 2.10 bits per heavy atom. The lowest BCUT2D eigenvalue weighted by Crippen LogP contribution is -2.39. The highest BCUT2D eigenvalue weighted by Crippen LogP contribution is 2.33. The lowest BCUT2D eigenvalue weighted by atomic mass is 10.0. The zero-order valence-corrected chi connectivity index (χ0v) is 17.3. The van der Waals surface area contributed by atoms with Crippen LogP contribution in [0.15, 0.2) is 62.8 Å². The molecule has 0 bridgehead atoms. The number of rotatable bonds is 4. The monoisotopic (exact) mass is 428 g/mol. The Kier molecular flexibility index (Phi) is 5.29. The molecule has 29 heavy (non-hydrogen) atoms. The average Bonchev–Trinajstić information content (AvgIpc) is 3.32. The molecule has 1 atom stereocenters. The van der Waals surface area contributed by atoms with Gasteiger partial charge in [-0.2, -0.15) is 0 Å². The topological polar surface area (TPSA) is 60.7 Å². The molecule has 0 amide bonds. The Hall–Kier alpha value is -2.84. The first-order chi connectivity index (χ1) is 14.0. The van der Waals surface area contributed by atoms with Gasteiger partial charge in [0.1, 0.15) is 11.9 Å². The summed E-state index contributed by atoms with van der Waals surface area (Å²) < 4.78 is 21.2. The summed E-state index contributed by atoms with van der Waals surface area (Å²) in [6.07, 6.45) is 1.52. The van der Waals surface area contributed by atoms with Crippen LogP contribution in [0.2, 0.25) is 0 Å². The summed E-state index contributed by atoms with van der Waals surface area (Å²) in [5.74, 6) is -0.896. The van der Waals surface area contributed by atoms with E-state index in [9.17, 15) is 14.0 Å². The molecule has 0 spiro atoms. The minimum atomic E-state index is -0.618. The number of carbonyl (C=O) groups excluding carboxylic acids is 1. The summed E-state index contributed by atoms with van der Waals surface area (Å²) in [7, 11) is 0. The molecule has 0 N–H and O–H groups in total. The van der Waals surface area contributed by atoms with E-state index in [0.717, 1.165) is 4.88 Å². The van der Waals surface area contributed by atoms with Crippen molar-refractivity contribution in [1.29, 1.82) is 0 Å². The maximum atomic E-state index is 14.1. The number of esters is 1. The average molecular weight is 429 g/mol. The second-order valence-corrected chi connectivity index (χ2v) is 8.33. The minimum Gasteiger partial charge on any atom is -0.463 e. The van der Waals surface area contributed by atoms with Crippen LogP contribution in [-0.4, -0.2) is 17.1 Å². The summed E-state index contributed by atoms with van der Waals surface area (Å²) >= 11 is 2.63. The Morgan fingerprint density at radius 3 is 2.79 bits per heavy atom. The van der Waals surface area contributed by atoms with Crippen LogP contribution in [0.25, 0.3) is 6.08 Å². The van der Waals surface area contributed by atoms with E-state index in [1.807, 2.05) is 17.5 Å². The van der Waals surface area contributed by atoms with E-state index in [-0.39, 0.29) is 12.2 Å². The Balaban J connectivity index is 1.96. The lowest BCUT2D eigenvalue weighted by Gasteiger charge is -2.23. The fourth-order valence-electron chi connectivity index (χ4n) is 3.24. The normalized spacial score (nSPS) is 16.5. The molecule has 1 aliphatic rings. The van der Waals surface area contributed by atoms with Crippen LogP contribution in [0.4, 0.5) is 4.39 Å². The standard InChI is InChI=1S/C21H17FN2O3S2/c1-3-27-20(26)17-12(2)23-21-24(18(17)15-9-6-10-28-15)19(25)16(29-21)11-13-7-4-5-8-14(13)22/h4-11,18H,3H2,1-2H3/b16-11-/t18-/m1/s1. The van der Waals surface area contributed by atoms with E-state index in [2.05, 4.69) is 4.99 Å². The number of aromatic nitrogens is 1. The molecule has 0 unspecified atom stereocenters. The molecular weight excluding hydrogens is 411 g/mol. The summed E-state index contributed by atoms with van der Waals surface area (Å²) in [5.41, 5.74) is 0.871. The molecule has 8 heteroatoms. The van der Waals surface area contributed by atoms with E-state index in [1.165, 1.54) is 39.4 Å². The van der Waals surface area contributed by atoms with Crippen molar-refractivity contribution in [2.24, 2.45) is 4.99 Å². The van der Waals surface area contributed by atoms with Crippen molar-refractivity contribution in [3.8, 4) is 0 Å². The number of nitrogens with zero attached hydrogens (tertiary/aromatic N) is 2. The van der Waals surface area contributed by atoms with Crippen LogP contribution in [0.3, 0.4) is 0 Å². The maximum absolute atomic E-state index is 14.1. The van der Waals surface area contributed by atoms with Crippen molar-refractivity contribution in [3.05, 3.63) is 89.0 Å². The van der Waals surface area contributed by atoms with E-state index >= 15 is 0 Å². The van der Waals surface area contributed by atoms with Crippen molar-refractivity contribution in [1.82, 2.24) is 4.57 Å². The van der Waals surface area contributed by atoms with Gasteiger partial charge in [-0.1, -0.05) is 35.6 Å². The predicted octanol–water partition coefficient (Wildman–Crippen LogP) is 3.00. The maximum Gasteiger partial charge on any atom is 0.338 e. The molecule has 3 aromatic rings. The number of carbonyl (C=O) groups is 1. The number of hydrogen-bond donors (Lipinski definition) is 0. The van der Waals surface area contributed by atoms with Crippen molar-refractivity contribution < 1.29 is 13.9 Å². The van der Waals surface area contributed by atoms with Crippen LogP contribution >= 0.6 is 22.7 Å². The summed E-state index contributed by atoms with van der Waals surface area (Å²) in [4.78, 5) is 31.7. The molecule has 0 aliphatic carbocycles. The van der Waals surface area contributed by atoms with Gasteiger partial charge in [-0.15, -0.1) is 11.3 Å². The molecule has 1 aliphatic heterocycles. The second kappa shape index (κ2) is 7.88. The number of halogens is 1. The molecule has 3 heterocycles. The van der Waals surface area contributed by atoms with Crippen molar-refractivity contribution >= 4 is 34.7 Å². The number of fused-ring (bicyclic) bond motifs is 1. The number of thiophene rings is 1. The third kappa shape index (κ3) is 3.49. The number of benzene rings is 1. The Morgan fingerprint density at radius 1 is 1.31 bits per heavy atom. The molecule has 2 aromatic heterocycles. The lowest BCUT2D eigenvalue weighted by molar-refractivity contribution is -0.139. The van der Waals surface area contributed by atoms with Crippen LogP contribution in [-0.2, 0) is 9.53 Å². The van der Waals surface area contributed by atoms with E-state index in [1.54, 1.807) is 32.0 Å². The van der Waals surface area contributed by atoms with Crippen LogP contribution in [0, 0.1) is 5.82 Å². The van der Waals surface area contributed by atoms with Gasteiger partial charge in [0.25, 0.3) is 5.56 Å². The highest BCUT2D eigenvalue weighted by Gasteiger charge is 2.33. The zero-order valence-electron chi connectivity index (χ0n) is 15.7. The molecule has 148 valence electrons. The van der Waals surface area contributed by atoms with Gasteiger partial charge >= 0.3 is 5.97 Å². The number of thiazole rings is 1. The molecule has 0 fully saturated rings. The first kappa shape index (κ1) is 19.5.